The maximum atomic E-state index is 15.6. The van der Waals surface area contributed by atoms with Crippen molar-refractivity contribution in [3.05, 3.63) is 90.8 Å². The summed E-state index contributed by atoms with van der Waals surface area (Å²) in [6.07, 6.45) is 2.99. The van der Waals surface area contributed by atoms with Crippen LogP contribution in [0, 0.1) is 0 Å². The van der Waals surface area contributed by atoms with E-state index in [0.29, 0.717) is 11.3 Å². The SMILES string of the molecule is O=C(CSc1nnc(-c2ccncc2)n1C(F)(F)c1ccccc1)Nc1ccccc1. The highest BCUT2D eigenvalue weighted by Gasteiger charge is 2.39. The van der Waals surface area contributed by atoms with Gasteiger partial charge < -0.3 is 5.32 Å². The van der Waals surface area contributed by atoms with Gasteiger partial charge in [-0.05, 0) is 24.3 Å². The summed E-state index contributed by atoms with van der Waals surface area (Å²) in [4.78, 5) is 16.2. The summed E-state index contributed by atoms with van der Waals surface area (Å²) in [5, 5.41) is 10.6. The van der Waals surface area contributed by atoms with E-state index in [0.717, 1.165) is 16.3 Å². The largest absolute Gasteiger partial charge is 0.359 e. The number of amides is 1. The molecule has 0 aliphatic carbocycles. The van der Waals surface area contributed by atoms with Crippen LogP contribution >= 0.6 is 11.8 Å². The summed E-state index contributed by atoms with van der Waals surface area (Å²) in [6, 6.07) is 16.1. The number of carbonyl (C=O) groups is 1. The number of rotatable bonds is 7. The van der Waals surface area contributed by atoms with E-state index in [2.05, 4.69) is 20.5 Å². The zero-order chi connectivity index (χ0) is 21.7. The molecule has 0 saturated carbocycles. The number of para-hydroxylation sites is 1. The lowest BCUT2D eigenvalue weighted by atomic mass is 10.2. The molecule has 0 bridgehead atoms. The number of aromatic nitrogens is 4. The molecule has 31 heavy (non-hydrogen) atoms. The Labute approximate surface area is 181 Å². The average Bonchev–Trinajstić information content (AvgIpc) is 3.24. The summed E-state index contributed by atoms with van der Waals surface area (Å²) in [5.41, 5.74) is 0.862. The molecule has 4 rings (SSSR count). The summed E-state index contributed by atoms with van der Waals surface area (Å²) in [5.74, 6) is -0.449. The Kier molecular flexibility index (Phi) is 6.03. The van der Waals surface area contributed by atoms with Crippen molar-refractivity contribution in [1.82, 2.24) is 19.7 Å². The number of halogens is 2. The van der Waals surface area contributed by atoms with Gasteiger partial charge in [-0.25, -0.2) is 4.57 Å². The number of carbonyl (C=O) groups excluding carboxylic acids is 1. The van der Waals surface area contributed by atoms with Gasteiger partial charge in [-0.15, -0.1) is 10.2 Å². The molecule has 9 heteroatoms. The molecular formula is C22H17F2N5OS. The summed E-state index contributed by atoms with van der Waals surface area (Å²) in [6.45, 7) is 0. The first-order valence-corrected chi connectivity index (χ1v) is 10.3. The summed E-state index contributed by atoms with van der Waals surface area (Å²) in [7, 11) is 0. The maximum Gasteiger partial charge on any atom is 0.359 e. The van der Waals surface area contributed by atoms with Crippen molar-refractivity contribution < 1.29 is 13.6 Å². The lowest BCUT2D eigenvalue weighted by Gasteiger charge is -2.21. The zero-order valence-corrected chi connectivity index (χ0v) is 17.0. The second-order valence-corrected chi connectivity index (χ2v) is 7.43. The van der Waals surface area contributed by atoms with Gasteiger partial charge in [0.15, 0.2) is 11.0 Å². The van der Waals surface area contributed by atoms with Crippen molar-refractivity contribution in [1.29, 1.82) is 0 Å². The number of hydrogen-bond donors (Lipinski definition) is 1. The van der Waals surface area contributed by atoms with Crippen LogP contribution in [0.5, 0.6) is 0 Å². The molecule has 0 unspecified atom stereocenters. The monoisotopic (exact) mass is 437 g/mol. The third-order valence-electron chi connectivity index (χ3n) is 4.36. The van der Waals surface area contributed by atoms with Crippen LogP contribution in [0.1, 0.15) is 5.56 Å². The number of pyridine rings is 1. The third-order valence-corrected chi connectivity index (χ3v) is 5.29. The summed E-state index contributed by atoms with van der Waals surface area (Å²) >= 11 is 0.893. The van der Waals surface area contributed by atoms with Crippen LogP contribution < -0.4 is 5.32 Å². The number of nitrogens with one attached hydrogen (secondary N) is 1. The number of hydrogen-bond acceptors (Lipinski definition) is 5. The van der Waals surface area contributed by atoms with Crippen LogP contribution in [0.25, 0.3) is 11.4 Å². The van der Waals surface area contributed by atoms with Crippen molar-refractivity contribution >= 4 is 23.4 Å². The molecule has 4 aromatic rings. The lowest BCUT2D eigenvalue weighted by Crippen LogP contribution is -2.26. The predicted octanol–water partition coefficient (Wildman–Crippen LogP) is 4.67. The van der Waals surface area contributed by atoms with E-state index in [1.807, 2.05) is 6.07 Å². The van der Waals surface area contributed by atoms with Crippen molar-refractivity contribution in [2.75, 3.05) is 11.1 Å². The van der Waals surface area contributed by atoms with Gasteiger partial charge in [-0.1, -0.05) is 60.3 Å². The van der Waals surface area contributed by atoms with Gasteiger partial charge >= 0.3 is 6.05 Å². The van der Waals surface area contributed by atoms with Crippen LogP contribution in [-0.4, -0.2) is 31.4 Å². The number of benzene rings is 2. The average molecular weight is 437 g/mol. The van der Waals surface area contributed by atoms with E-state index in [4.69, 9.17) is 0 Å². The Morgan fingerprint density at radius 3 is 2.26 bits per heavy atom. The fourth-order valence-corrected chi connectivity index (χ4v) is 3.68. The van der Waals surface area contributed by atoms with Gasteiger partial charge in [0.25, 0.3) is 0 Å². The fraction of sp³-hybridized carbons (Fsp3) is 0.0909. The smallest absolute Gasteiger partial charge is 0.325 e. The molecule has 0 saturated heterocycles. The molecule has 6 nitrogen and oxygen atoms in total. The molecule has 2 aromatic heterocycles. The van der Waals surface area contributed by atoms with Gasteiger partial charge in [0, 0.05) is 29.2 Å². The lowest BCUT2D eigenvalue weighted by molar-refractivity contribution is -0.113. The Morgan fingerprint density at radius 1 is 0.935 bits per heavy atom. The van der Waals surface area contributed by atoms with Crippen molar-refractivity contribution in [3.63, 3.8) is 0 Å². The van der Waals surface area contributed by atoms with Crippen LogP contribution in [0.2, 0.25) is 0 Å². The molecule has 2 heterocycles. The fourth-order valence-electron chi connectivity index (χ4n) is 2.92. The molecule has 0 aliphatic rings. The standard InChI is InChI=1S/C22H17F2N5OS/c23-22(24,17-7-3-1-4-8-17)29-20(16-11-13-25-14-12-16)27-28-21(29)31-15-19(30)26-18-9-5-2-6-10-18/h1-14H,15H2,(H,26,30). The van der Waals surface area contributed by atoms with E-state index in [-0.39, 0.29) is 28.2 Å². The highest BCUT2D eigenvalue weighted by molar-refractivity contribution is 7.99. The van der Waals surface area contributed by atoms with Gasteiger partial charge in [-0.3, -0.25) is 9.78 Å². The van der Waals surface area contributed by atoms with Crippen LogP contribution in [-0.2, 0) is 10.8 Å². The van der Waals surface area contributed by atoms with Crippen LogP contribution in [0.3, 0.4) is 0 Å². The van der Waals surface area contributed by atoms with Crippen molar-refractivity contribution in [2.24, 2.45) is 0 Å². The number of anilines is 1. The van der Waals surface area contributed by atoms with Crippen molar-refractivity contribution in [3.8, 4) is 11.4 Å². The number of thioether (sulfide) groups is 1. The molecule has 0 atom stereocenters. The zero-order valence-electron chi connectivity index (χ0n) is 16.2. The van der Waals surface area contributed by atoms with Crippen LogP contribution in [0.4, 0.5) is 14.5 Å². The first-order chi connectivity index (χ1) is 15.1. The topological polar surface area (TPSA) is 72.7 Å². The van der Waals surface area contributed by atoms with Gasteiger partial charge in [-0.2, -0.15) is 8.78 Å². The molecular weight excluding hydrogens is 420 g/mol. The molecule has 0 aliphatic heterocycles. The van der Waals surface area contributed by atoms with Crippen molar-refractivity contribution in [2.45, 2.75) is 11.2 Å². The number of nitrogens with zero attached hydrogens (tertiary/aromatic N) is 4. The Balaban J connectivity index is 1.65. The highest BCUT2D eigenvalue weighted by Crippen LogP contribution is 2.37. The third kappa shape index (κ3) is 4.61. The molecule has 1 amide bonds. The van der Waals surface area contributed by atoms with E-state index >= 15 is 8.78 Å². The minimum atomic E-state index is -3.43. The minimum absolute atomic E-state index is 0.0118. The quantitative estimate of drug-likeness (QED) is 0.426. The molecule has 0 spiro atoms. The molecule has 2 aromatic carbocycles. The second-order valence-electron chi connectivity index (χ2n) is 6.49. The van der Waals surface area contributed by atoms with E-state index in [1.165, 1.54) is 24.5 Å². The van der Waals surface area contributed by atoms with E-state index in [1.54, 1.807) is 54.6 Å². The maximum absolute atomic E-state index is 15.6. The Morgan fingerprint density at radius 2 is 1.58 bits per heavy atom. The van der Waals surface area contributed by atoms with E-state index in [9.17, 15) is 4.79 Å². The predicted molar refractivity (Wildman–Crippen MR) is 115 cm³/mol. The first kappa shape index (κ1) is 20.7. The van der Waals surface area contributed by atoms with Gasteiger partial charge in [0.05, 0.1) is 5.75 Å². The van der Waals surface area contributed by atoms with Gasteiger partial charge in [0.1, 0.15) is 0 Å². The van der Waals surface area contributed by atoms with Gasteiger partial charge in [0.2, 0.25) is 5.91 Å². The Bertz CT molecular complexity index is 1150. The van der Waals surface area contributed by atoms with E-state index < -0.39 is 6.05 Å². The Hall–Kier alpha value is -3.59. The molecule has 0 fully saturated rings. The number of alkyl halides is 2. The first-order valence-electron chi connectivity index (χ1n) is 9.33. The van der Waals surface area contributed by atoms with Crippen LogP contribution in [0.15, 0.2) is 90.3 Å². The second kappa shape index (κ2) is 9.05. The normalized spacial score (nSPS) is 11.3. The summed E-state index contributed by atoms with van der Waals surface area (Å²) < 4.78 is 31.9. The molecule has 0 radical (unpaired) electrons. The molecule has 1 N–H and O–H groups in total. The molecule has 156 valence electrons. The minimum Gasteiger partial charge on any atom is -0.325 e. The highest BCUT2D eigenvalue weighted by atomic mass is 32.2.